The van der Waals surface area contributed by atoms with E-state index in [9.17, 15) is 0 Å². The van der Waals surface area contributed by atoms with Crippen molar-refractivity contribution in [3.8, 4) is 0 Å². The Morgan fingerprint density at radius 2 is 2.12 bits per heavy atom. The van der Waals surface area contributed by atoms with Crippen molar-refractivity contribution in [2.75, 3.05) is 7.05 Å². The van der Waals surface area contributed by atoms with E-state index in [1.54, 1.807) is 17.7 Å². The number of aromatic nitrogens is 3. The average Bonchev–Trinajstić information content (AvgIpc) is 2.73. The predicted octanol–water partition coefficient (Wildman–Crippen LogP) is 1.74. The van der Waals surface area contributed by atoms with Crippen molar-refractivity contribution in [2.45, 2.75) is 19.4 Å². The van der Waals surface area contributed by atoms with Gasteiger partial charge in [0.05, 0.1) is 10.7 Å². The lowest BCUT2D eigenvalue weighted by Crippen LogP contribution is -2.19. The Labute approximate surface area is 98.8 Å². The molecule has 84 valence electrons. The first-order valence-electron chi connectivity index (χ1n) is 5.13. The van der Waals surface area contributed by atoms with Crippen molar-refractivity contribution < 1.29 is 0 Å². The molecule has 1 unspecified atom stereocenters. The summed E-state index contributed by atoms with van der Waals surface area (Å²) in [5.41, 5.74) is 2.21. The molecule has 0 bridgehead atoms. The van der Waals surface area contributed by atoms with E-state index in [-0.39, 0.29) is 6.04 Å². The van der Waals surface area contributed by atoms with Crippen LogP contribution < -0.4 is 5.32 Å². The van der Waals surface area contributed by atoms with Crippen LogP contribution in [-0.4, -0.2) is 22.0 Å². The number of hydrogen-bond donors (Lipinski definition) is 1. The van der Waals surface area contributed by atoms with Gasteiger partial charge in [-0.3, -0.25) is 0 Å². The zero-order valence-electron chi connectivity index (χ0n) is 9.34. The molecular formula is C11H14N4S. The SMILES string of the molecule is CNC(Cc1csc(C)n1)c1cncnc1. The monoisotopic (exact) mass is 234 g/mol. The van der Waals surface area contributed by atoms with Gasteiger partial charge >= 0.3 is 0 Å². The molecule has 2 heterocycles. The van der Waals surface area contributed by atoms with Crippen LogP contribution in [0.5, 0.6) is 0 Å². The molecule has 16 heavy (non-hydrogen) atoms. The molecule has 2 aromatic heterocycles. The maximum Gasteiger partial charge on any atom is 0.115 e. The van der Waals surface area contributed by atoms with Crippen LogP contribution in [-0.2, 0) is 6.42 Å². The van der Waals surface area contributed by atoms with E-state index in [2.05, 4.69) is 25.6 Å². The lowest BCUT2D eigenvalue weighted by molar-refractivity contribution is 0.581. The summed E-state index contributed by atoms with van der Waals surface area (Å²) in [7, 11) is 1.94. The molecule has 5 heteroatoms. The summed E-state index contributed by atoms with van der Waals surface area (Å²) in [4.78, 5) is 12.5. The van der Waals surface area contributed by atoms with Crippen LogP contribution in [0.25, 0.3) is 0 Å². The van der Waals surface area contributed by atoms with Crippen molar-refractivity contribution in [2.24, 2.45) is 0 Å². The van der Waals surface area contributed by atoms with E-state index in [1.807, 2.05) is 26.4 Å². The smallest absolute Gasteiger partial charge is 0.115 e. The first-order valence-corrected chi connectivity index (χ1v) is 6.00. The third-order valence-corrected chi connectivity index (χ3v) is 3.23. The first kappa shape index (κ1) is 11.2. The van der Waals surface area contributed by atoms with Crippen LogP contribution in [0.4, 0.5) is 0 Å². The summed E-state index contributed by atoms with van der Waals surface area (Å²) in [5.74, 6) is 0. The number of nitrogens with one attached hydrogen (secondary N) is 1. The molecule has 0 amide bonds. The van der Waals surface area contributed by atoms with Crippen LogP contribution in [0.2, 0.25) is 0 Å². The molecular weight excluding hydrogens is 220 g/mol. The molecule has 4 nitrogen and oxygen atoms in total. The maximum atomic E-state index is 4.46. The van der Waals surface area contributed by atoms with Crippen LogP contribution >= 0.6 is 11.3 Å². The van der Waals surface area contributed by atoms with Crippen molar-refractivity contribution in [3.05, 3.63) is 40.4 Å². The van der Waals surface area contributed by atoms with Crippen LogP contribution in [0.1, 0.15) is 22.3 Å². The highest BCUT2D eigenvalue weighted by Gasteiger charge is 2.12. The molecule has 2 aromatic rings. The van der Waals surface area contributed by atoms with Gasteiger partial charge in [-0.25, -0.2) is 15.0 Å². The Balaban J connectivity index is 2.12. The first-order chi connectivity index (χ1) is 7.79. The molecule has 0 aliphatic carbocycles. The number of likely N-dealkylation sites (N-methyl/N-ethyl adjacent to an activating group) is 1. The van der Waals surface area contributed by atoms with E-state index in [1.165, 1.54) is 0 Å². The van der Waals surface area contributed by atoms with E-state index < -0.39 is 0 Å². The van der Waals surface area contributed by atoms with E-state index in [0.717, 1.165) is 22.7 Å². The van der Waals surface area contributed by atoms with Crippen LogP contribution in [0.15, 0.2) is 24.1 Å². The second kappa shape index (κ2) is 5.14. The van der Waals surface area contributed by atoms with Gasteiger partial charge in [-0.05, 0) is 14.0 Å². The largest absolute Gasteiger partial charge is 0.313 e. The zero-order chi connectivity index (χ0) is 11.4. The molecule has 1 atom stereocenters. The zero-order valence-corrected chi connectivity index (χ0v) is 10.2. The van der Waals surface area contributed by atoms with Crippen LogP contribution in [0.3, 0.4) is 0 Å². The summed E-state index contributed by atoms with van der Waals surface area (Å²) < 4.78 is 0. The Hall–Kier alpha value is -1.33. The van der Waals surface area contributed by atoms with Gasteiger partial charge < -0.3 is 5.32 Å². The lowest BCUT2D eigenvalue weighted by atomic mass is 10.1. The highest BCUT2D eigenvalue weighted by Crippen LogP contribution is 2.17. The Bertz CT molecular complexity index is 440. The molecule has 0 aliphatic rings. The fraction of sp³-hybridized carbons (Fsp3) is 0.364. The lowest BCUT2D eigenvalue weighted by Gasteiger charge is -2.14. The van der Waals surface area contributed by atoms with Crippen molar-refractivity contribution in [1.29, 1.82) is 0 Å². The molecule has 0 saturated heterocycles. The maximum absolute atomic E-state index is 4.46. The van der Waals surface area contributed by atoms with Gasteiger partial charge in [0, 0.05) is 35.8 Å². The van der Waals surface area contributed by atoms with Gasteiger partial charge in [-0.2, -0.15) is 0 Å². The highest BCUT2D eigenvalue weighted by molar-refractivity contribution is 7.09. The fourth-order valence-electron chi connectivity index (χ4n) is 1.59. The van der Waals surface area contributed by atoms with Crippen molar-refractivity contribution >= 4 is 11.3 Å². The normalized spacial score (nSPS) is 12.6. The van der Waals surface area contributed by atoms with Gasteiger partial charge in [-0.1, -0.05) is 0 Å². The Kier molecular flexibility index (Phi) is 3.58. The minimum atomic E-state index is 0.225. The molecule has 1 N–H and O–H groups in total. The average molecular weight is 234 g/mol. The van der Waals surface area contributed by atoms with Gasteiger partial charge in [0.2, 0.25) is 0 Å². The van der Waals surface area contributed by atoms with Crippen LogP contribution in [0, 0.1) is 6.92 Å². The molecule has 0 aromatic carbocycles. The van der Waals surface area contributed by atoms with Crippen molar-refractivity contribution in [1.82, 2.24) is 20.3 Å². The van der Waals surface area contributed by atoms with Crippen molar-refractivity contribution in [3.63, 3.8) is 0 Å². The topological polar surface area (TPSA) is 50.7 Å². The highest BCUT2D eigenvalue weighted by atomic mass is 32.1. The number of rotatable bonds is 4. The summed E-state index contributed by atoms with van der Waals surface area (Å²) in [5, 5.41) is 6.47. The number of thiazole rings is 1. The van der Waals surface area contributed by atoms with E-state index >= 15 is 0 Å². The minimum Gasteiger partial charge on any atom is -0.313 e. The summed E-state index contributed by atoms with van der Waals surface area (Å²) in [6.45, 7) is 2.02. The van der Waals surface area contributed by atoms with Gasteiger partial charge in [0.25, 0.3) is 0 Å². The molecule has 0 aliphatic heterocycles. The van der Waals surface area contributed by atoms with Gasteiger partial charge in [0.15, 0.2) is 0 Å². The number of aryl methyl sites for hydroxylation is 1. The van der Waals surface area contributed by atoms with Gasteiger partial charge in [0.1, 0.15) is 6.33 Å². The molecule has 0 saturated carbocycles. The molecule has 0 spiro atoms. The quantitative estimate of drug-likeness (QED) is 0.875. The predicted molar refractivity (Wildman–Crippen MR) is 64.4 cm³/mol. The second-order valence-electron chi connectivity index (χ2n) is 3.58. The summed E-state index contributed by atoms with van der Waals surface area (Å²) in [6.07, 6.45) is 6.10. The summed E-state index contributed by atoms with van der Waals surface area (Å²) in [6, 6.07) is 0.225. The van der Waals surface area contributed by atoms with Gasteiger partial charge in [-0.15, -0.1) is 11.3 Å². The molecule has 0 radical (unpaired) electrons. The third-order valence-electron chi connectivity index (χ3n) is 2.41. The standard InChI is InChI=1S/C11H14N4S/c1-8-15-10(6-16-8)3-11(12-2)9-4-13-7-14-5-9/h4-7,11-12H,3H2,1-2H3. The molecule has 2 rings (SSSR count). The molecule has 0 fully saturated rings. The number of nitrogens with zero attached hydrogens (tertiary/aromatic N) is 3. The summed E-state index contributed by atoms with van der Waals surface area (Å²) >= 11 is 1.68. The Morgan fingerprint density at radius 3 is 2.69 bits per heavy atom. The Morgan fingerprint density at radius 1 is 1.38 bits per heavy atom. The van der Waals surface area contributed by atoms with E-state index in [4.69, 9.17) is 0 Å². The number of hydrogen-bond acceptors (Lipinski definition) is 5. The fourth-order valence-corrected chi connectivity index (χ4v) is 2.21. The second-order valence-corrected chi connectivity index (χ2v) is 4.64. The minimum absolute atomic E-state index is 0.225. The van der Waals surface area contributed by atoms with E-state index in [0.29, 0.717) is 0 Å². The third kappa shape index (κ3) is 2.62.